The smallest absolute Gasteiger partial charge is 0.159 e. The van der Waals surface area contributed by atoms with E-state index in [1.807, 2.05) is 0 Å². The van der Waals surface area contributed by atoms with Gasteiger partial charge in [-0.3, -0.25) is 0 Å². The zero-order chi connectivity index (χ0) is 17.7. The summed E-state index contributed by atoms with van der Waals surface area (Å²) in [7, 11) is 0. The topological polar surface area (TPSA) is 129 Å². The van der Waals surface area contributed by atoms with E-state index >= 15 is 0 Å². The lowest BCUT2D eigenvalue weighted by Crippen LogP contribution is -2.51. The van der Waals surface area contributed by atoms with E-state index in [1.165, 1.54) is 0 Å². The largest absolute Gasteiger partial charge is 0.389 e. The van der Waals surface area contributed by atoms with Gasteiger partial charge in [-0.05, 0) is 26.7 Å². The summed E-state index contributed by atoms with van der Waals surface area (Å²) in [5.74, 6) is 0. The third kappa shape index (κ3) is 5.60. The molecule has 2 rings (SSSR count). The van der Waals surface area contributed by atoms with Crippen LogP contribution in [0.15, 0.2) is 0 Å². The Labute approximate surface area is 143 Å². The van der Waals surface area contributed by atoms with Gasteiger partial charge in [0.1, 0.15) is 0 Å². The molecule has 0 aliphatic carbocycles. The first-order valence-corrected chi connectivity index (χ1v) is 8.80. The molecule has 8 nitrogen and oxygen atoms in total. The second-order valence-electron chi connectivity index (χ2n) is 6.77. The lowest BCUT2D eigenvalue weighted by Gasteiger charge is -2.36. The molecule has 2 aliphatic rings. The van der Waals surface area contributed by atoms with Crippen LogP contribution < -0.4 is 11.5 Å². The molecule has 8 heteroatoms. The van der Waals surface area contributed by atoms with Gasteiger partial charge in [-0.1, -0.05) is 0 Å². The number of nitrogens with two attached hydrogens (primary N) is 2. The number of aliphatic hydroxyl groups is 2. The monoisotopic (exact) mass is 348 g/mol. The SMILES string of the molecule is C[C@@H]1O[C@@H](OCCCCO[C@H]2C[C@H](N)[C@@H](O)[C@H](C)O2)C[C@H](N)[C@H]1O. The first-order valence-electron chi connectivity index (χ1n) is 8.80. The Hall–Kier alpha value is -0.320. The molecule has 0 aromatic rings. The number of unbranched alkanes of at least 4 members (excludes halogenated alkanes) is 1. The van der Waals surface area contributed by atoms with Gasteiger partial charge < -0.3 is 40.6 Å². The van der Waals surface area contributed by atoms with E-state index in [9.17, 15) is 10.2 Å². The zero-order valence-electron chi connectivity index (χ0n) is 14.5. The molecule has 0 saturated carbocycles. The molecule has 0 aromatic carbocycles. The van der Waals surface area contributed by atoms with Gasteiger partial charge in [0.15, 0.2) is 12.6 Å². The number of hydrogen-bond acceptors (Lipinski definition) is 8. The maximum absolute atomic E-state index is 9.72. The Balaban J connectivity index is 1.53. The first-order chi connectivity index (χ1) is 11.4. The summed E-state index contributed by atoms with van der Waals surface area (Å²) in [6.07, 6.45) is 0.0155. The fourth-order valence-corrected chi connectivity index (χ4v) is 3.02. The van der Waals surface area contributed by atoms with Crippen molar-refractivity contribution < 1.29 is 29.2 Å². The highest BCUT2D eigenvalue weighted by Gasteiger charge is 2.34. The van der Waals surface area contributed by atoms with Crippen molar-refractivity contribution in [2.24, 2.45) is 11.5 Å². The minimum Gasteiger partial charge on any atom is -0.389 e. The lowest BCUT2D eigenvalue weighted by molar-refractivity contribution is -0.227. The molecule has 0 aromatic heterocycles. The van der Waals surface area contributed by atoms with Gasteiger partial charge in [0.2, 0.25) is 0 Å². The van der Waals surface area contributed by atoms with Gasteiger partial charge in [-0.25, -0.2) is 0 Å². The summed E-state index contributed by atoms with van der Waals surface area (Å²) in [6.45, 7) is 4.68. The average Bonchev–Trinajstić information content (AvgIpc) is 2.53. The van der Waals surface area contributed by atoms with Crippen molar-refractivity contribution in [2.45, 2.75) is 88.6 Å². The first kappa shape index (κ1) is 20.0. The van der Waals surface area contributed by atoms with Crippen molar-refractivity contribution in [3.63, 3.8) is 0 Å². The molecule has 2 saturated heterocycles. The molecular weight excluding hydrogens is 316 g/mol. The van der Waals surface area contributed by atoms with Crippen LogP contribution in [0.5, 0.6) is 0 Å². The van der Waals surface area contributed by atoms with Crippen LogP contribution in [0, 0.1) is 0 Å². The van der Waals surface area contributed by atoms with Crippen LogP contribution in [0.3, 0.4) is 0 Å². The minimum atomic E-state index is -0.638. The summed E-state index contributed by atoms with van der Waals surface area (Å²) >= 11 is 0. The highest BCUT2D eigenvalue weighted by molar-refractivity contribution is 4.84. The van der Waals surface area contributed by atoms with E-state index in [1.54, 1.807) is 13.8 Å². The summed E-state index contributed by atoms with van der Waals surface area (Å²) < 4.78 is 22.4. The second kappa shape index (κ2) is 9.40. The van der Waals surface area contributed by atoms with Gasteiger partial charge in [0, 0.05) is 38.1 Å². The van der Waals surface area contributed by atoms with E-state index in [0.29, 0.717) is 26.1 Å². The zero-order valence-corrected chi connectivity index (χ0v) is 14.5. The van der Waals surface area contributed by atoms with Crippen molar-refractivity contribution in [1.29, 1.82) is 0 Å². The summed E-state index contributed by atoms with van der Waals surface area (Å²) in [6, 6.07) is -0.626. The van der Waals surface area contributed by atoms with E-state index in [2.05, 4.69) is 0 Å². The molecule has 0 unspecified atom stereocenters. The molecule has 0 spiro atoms. The van der Waals surface area contributed by atoms with Crippen LogP contribution in [0.1, 0.15) is 39.5 Å². The number of aliphatic hydroxyl groups excluding tert-OH is 2. The normalized spacial score (nSPS) is 43.8. The van der Waals surface area contributed by atoms with Crippen LogP contribution >= 0.6 is 0 Å². The number of rotatable bonds is 7. The Kier molecular flexibility index (Phi) is 7.83. The van der Waals surface area contributed by atoms with Crippen LogP contribution in [0.25, 0.3) is 0 Å². The fraction of sp³-hybridized carbons (Fsp3) is 1.00. The number of ether oxygens (including phenoxy) is 4. The van der Waals surface area contributed by atoms with E-state index in [-0.39, 0.29) is 36.9 Å². The molecule has 8 atom stereocenters. The van der Waals surface area contributed by atoms with Crippen LogP contribution in [0.4, 0.5) is 0 Å². The Morgan fingerprint density at radius 1 is 0.833 bits per heavy atom. The molecule has 0 radical (unpaired) electrons. The van der Waals surface area contributed by atoms with E-state index in [4.69, 9.17) is 30.4 Å². The molecule has 142 valence electrons. The predicted molar refractivity (Wildman–Crippen MR) is 87.0 cm³/mol. The molecule has 0 amide bonds. The van der Waals surface area contributed by atoms with Crippen molar-refractivity contribution in [1.82, 2.24) is 0 Å². The van der Waals surface area contributed by atoms with Crippen LogP contribution in [0.2, 0.25) is 0 Å². The summed E-state index contributed by atoms with van der Waals surface area (Å²) in [4.78, 5) is 0. The van der Waals surface area contributed by atoms with Gasteiger partial charge in [0.25, 0.3) is 0 Å². The van der Waals surface area contributed by atoms with Crippen molar-refractivity contribution in [3.8, 4) is 0 Å². The highest BCUT2D eigenvalue weighted by atomic mass is 16.7. The van der Waals surface area contributed by atoms with Crippen molar-refractivity contribution in [3.05, 3.63) is 0 Å². The fourth-order valence-electron chi connectivity index (χ4n) is 3.02. The van der Waals surface area contributed by atoms with Crippen LogP contribution in [-0.2, 0) is 18.9 Å². The van der Waals surface area contributed by atoms with E-state index < -0.39 is 12.2 Å². The molecule has 2 fully saturated rings. The standard InChI is InChI=1S/C16H32N2O6/c1-9-15(19)11(17)7-13(23-9)21-5-3-4-6-22-14-8-12(18)16(20)10(2)24-14/h9-16,19-20H,3-8,17-18H2,1-2H3/t9-,10-,11-,12-,13+,14+,15-,16-/m0/s1. The highest BCUT2D eigenvalue weighted by Crippen LogP contribution is 2.21. The molecule has 24 heavy (non-hydrogen) atoms. The van der Waals surface area contributed by atoms with Gasteiger partial charge in [0.05, 0.1) is 24.4 Å². The second-order valence-corrected chi connectivity index (χ2v) is 6.77. The third-order valence-corrected chi connectivity index (χ3v) is 4.65. The van der Waals surface area contributed by atoms with Gasteiger partial charge in [-0.2, -0.15) is 0 Å². The lowest BCUT2D eigenvalue weighted by atomic mass is 10.0. The minimum absolute atomic E-state index is 0.313. The maximum Gasteiger partial charge on any atom is 0.159 e. The van der Waals surface area contributed by atoms with E-state index in [0.717, 1.165) is 12.8 Å². The Bertz CT molecular complexity index is 316. The summed E-state index contributed by atoms with van der Waals surface area (Å²) in [5.41, 5.74) is 11.7. The predicted octanol–water partition coefficient (Wildman–Crippen LogP) is -0.554. The Morgan fingerprint density at radius 3 is 1.54 bits per heavy atom. The van der Waals surface area contributed by atoms with Crippen molar-refractivity contribution >= 4 is 0 Å². The van der Waals surface area contributed by atoms with Crippen LogP contribution in [-0.4, -0.2) is 72.5 Å². The number of hydrogen-bond donors (Lipinski definition) is 4. The van der Waals surface area contributed by atoms with Gasteiger partial charge in [-0.15, -0.1) is 0 Å². The molecule has 2 heterocycles. The molecule has 6 N–H and O–H groups in total. The third-order valence-electron chi connectivity index (χ3n) is 4.65. The van der Waals surface area contributed by atoms with Crippen molar-refractivity contribution in [2.75, 3.05) is 13.2 Å². The quantitative estimate of drug-likeness (QED) is 0.451. The Morgan fingerprint density at radius 2 is 1.21 bits per heavy atom. The van der Waals surface area contributed by atoms with Gasteiger partial charge >= 0.3 is 0 Å². The molecular formula is C16H32N2O6. The molecule has 0 bridgehead atoms. The maximum atomic E-state index is 9.72. The molecule has 2 aliphatic heterocycles. The average molecular weight is 348 g/mol. The summed E-state index contributed by atoms with van der Waals surface area (Å²) in [5, 5.41) is 19.4.